The van der Waals surface area contributed by atoms with E-state index in [1.807, 2.05) is 31.2 Å². The van der Waals surface area contributed by atoms with Crippen molar-refractivity contribution in [3.05, 3.63) is 115 Å². The summed E-state index contributed by atoms with van der Waals surface area (Å²) in [6, 6.07) is 20.2. The highest BCUT2D eigenvalue weighted by Crippen LogP contribution is 2.36. The Morgan fingerprint density at radius 3 is 2.49 bits per heavy atom. The number of hydrogen-bond acceptors (Lipinski definition) is 6. The van der Waals surface area contributed by atoms with Gasteiger partial charge in [-0.3, -0.25) is 9.59 Å². The third-order valence-corrected chi connectivity index (χ3v) is 8.17. The molecule has 0 saturated carbocycles. The quantitative estimate of drug-likeness (QED) is 0.155. The fraction of sp³-hybridized carbons (Fsp3) is 0.176. The number of halogens is 3. The van der Waals surface area contributed by atoms with Crippen LogP contribution in [0.4, 0.5) is 10.1 Å². The summed E-state index contributed by atoms with van der Waals surface area (Å²) in [7, 11) is 1.64. The molecule has 1 amide bonds. The van der Waals surface area contributed by atoms with E-state index in [4.69, 9.17) is 14.5 Å². The molecule has 4 aromatic carbocycles. The van der Waals surface area contributed by atoms with Crippen LogP contribution in [0.2, 0.25) is 0 Å². The van der Waals surface area contributed by atoms with Gasteiger partial charge in [0.05, 0.1) is 33.2 Å². The lowest BCUT2D eigenvalue weighted by Gasteiger charge is -2.17. The van der Waals surface area contributed by atoms with Crippen LogP contribution in [0.25, 0.3) is 22.3 Å². The van der Waals surface area contributed by atoms with E-state index in [1.165, 1.54) is 22.9 Å². The van der Waals surface area contributed by atoms with Gasteiger partial charge >= 0.3 is 0 Å². The molecular weight excluding hydrogens is 707 g/mol. The van der Waals surface area contributed by atoms with Crippen molar-refractivity contribution in [1.82, 2.24) is 9.66 Å². The summed E-state index contributed by atoms with van der Waals surface area (Å²) in [6.07, 6.45) is 1.56. The Hall–Kier alpha value is -4.35. The van der Waals surface area contributed by atoms with Gasteiger partial charge in [0.2, 0.25) is 0 Å². The Labute approximate surface area is 276 Å². The van der Waals surface area contributed by atoms with Gasteiger partial charge in [0.25, 0.3) is 11.5 Å². The summed E-state index contributed by atoms with van der Waals surface area (Å²) in [6.45, 7) is 5.80. The number of para-hydroxylation sites is 1. The monoisotopic (exact) mass is 734 g/mol. The Morgan fingerprint density at radius 1 is 1.07 bits per heavy atom. The topological polar surface area (TPSA) is 94.8 Å². The Bertz CT molecular complexity index is 1990. The molecule has 11 heteroatoms. The van der Waals surface area contributed by atoms with Crippen LogP contribution < -0.4 is 20.3 Å². The first kappa shape index (κ1) is 32.1. The molecule has 0 radical (unpaired) electrons. The minimum Gasteiger partial charge on any atom is -0.496 e. The van der Waals surface area contributed by atoms with Crippen molar-refractivity contribution < 1.29 is 18.7 Å². The minimum atomic E-state index is -0.454. The molecule has 1 N–H and O–H groups in total. The van der Waals surface area contributed by atoms with Crippen LogP contribution in [0.5, 0.6) is 11.5 Å². The first-order valence-electron chi connectivity index (χ1n) is 14.0. The standard InChI is InChI=1S/C34H29Br2FN4O4/c1-19(2)25-16-26(20(3)12-30(25)44-4)33-40-29-11-6-5-10-24(29)34(43)41(33)38-17-21-13-27(35)32(28(36)14-21)45-18-31(42)39-23-9-7-8-22(37)15-23/h5-17,19H,18H2,1-4H3,(H,39,42). The molecule has 1 heterocycles. The van der Waals surface area contributed by atoms with Crippen LogP contribution in [-0.4, -0.2) is 35.5 Å². The molecule has 5 aromatic rings. The van der Waals surface area contributed by atoms with Crippen LogP contribution >= 0.6 is 31.9 Å². The number of amides is 1. The summed E-state index contributed by atoms with van der Waals surface area (Å²) in [5.74, 6) is 0.834. The number of aryl methyl sites for hydroxylation is 1. The molecule has 5 rings (SSSR count). The molecule has 0 atom stereocenters. The molecule has 0 unspecified atom stereocenters. The summed E-state index contributed by atoms with van der Waals surface area (Å²) in [5, 5.41) is 7.65. The Balaban J connectivity index is 1.48. The smallest absolute Gasteiger partial charge is 0.282 e. The molecule has 0 bridgehead atoms. The number of aromatic nitrogens is 2. The van der Waals surface area contributed by atoms with Gasteiger partial charge in [0.1, 0.15) is 17.3 Å². The number of rotatable bonds is 9. The van der Waals surface area contributed by atoms with Gasteiger partial charge in [0, 0.05) is 11.3 Å². The second-order valence-electron chi connectivity index (χ2n) is 10.5. The zero-order valence-corrected chi connectivity index (χ0v) is 28.1. The molecule has 230 valence electrons. The summed E-state index contributed by atoms with van der Waals surface area (Å²) < 4.78 is 27.2. The second-order valence-corrected chi connectivity index (χ2v) is 12.2. The Kier molecular flexibility index (Phi) is 9.79. The van der Waals surface area contributed by atoms with Gasteiger partial charge in [-0.05, 0) is 116 Å². The normalized spacial score (nSPS) is 11.4. The van der Waals surface area contributed by atoms with Gasteiger partial charge in [-0.15, -0.1) is 0 Å². The summed E-state index contributed by atoms with van der Waals surface area (Å²) in [4.78, 5) is 31.0. The average molecular weight is 736 g/mol. The number of anilines is 1. The van der Waals surface area contributed by atoms with Crippen LogP contribution in [0.3, 0.4) is 0 Å². The van der Waals surface area contributed by atoms with Gasteiger partial charge in [0.15, 0.2) is 12.4 Å². The minimum absolute atomic E-state index is 0.172. The number of fused-ring (bicyclic) bond motifs is 1. The van der Waals surface area contributed by atoms with Crippen LogP contribution in [0.15, 0.2) is 91.6 Å². The van der Waals surface area contributed by atoms with Crippen molar-refractivity contribution in [3.63, 3.8) is 0 Å². The first-order valence-corrected chi connectivity index (χ1v) is 15.6. The highest BCUT2D eigenvalue weighted by atomic mass is 79.9. The summed E-state index contributed by atoms with van der Waals surface area (Å²) >= 11 is 7.01. The highest BCUT2D eigenvalue weighted by molar-refractivity contribution is 9.11. The molecular formula is C34H29Br2FN4O4. The van der Waals surface area contributed by atoms with Crippen LogP contribution in [0.1, 0.15) is 36.5 Å². The number of methoxy groups -OCH3 is 1. The van der Waals surface area contributed by atoms with Crippen molar-refractivity contribution in [3.8, 4) is 22.9 Å². The first-order chi connectivity index (χ1) is 21.5. The van der Waals surface area contributed by atoms with Crippen molar-refractivity contribution in [1.29, 1.82) is 0 Å². The van der Waals surface area contributed by atoms with E-state index in [9.17, 15) is 14.0 Å². The predicted octanol–water partition coefficient (Wildman–Crippen LogP) is 8.07. The fourth-order valence-electron chi connectivity index (χ4n) is 4.79. The van der Waals surface area contributed by atoms with Gasteiger partial charge in [-0.25, -0.2) is 9.37 Å². The van der Waals surface area contributed by atoms with E-state index in [0.29, 0.717) is 42.7 Å². The van der Waals surface area contributed by atoms with Crippen molar-refractivity contribution in [2.24, 2.45) is 5.10 Å². The van der Waals surface area contributed by atoms with E-state index >= 15 is 0 Å². The average Bonchev–Trinajstić information content (AvgIpc) is 3.00. The number of nitrogens with one attached hydrogen (secondary N) is 1. The number of benzene rings is 4. The number of carbonyl (C=O) groups is 1. The Morgan fingerprint density at radius 2 is 1.80 bits per heavy atom. The molecule has 0 fully saturated rings. The zero-order chi connectivity index (χ0) is 32.2. The maximum absolute atomic E-state index is 13.8. The largest absolute Gasteiger partial charge is 0.496 e. The fourth-order valence-corrected chi connectivity index (χ4v) is 6.24. The molecule has 0 aliphatic heterocycles. The van der Waals surface area contributed by atoms with Crippen molar-refractivity contribution in [2.45, 2.75) is 26.7 Å². The zero-order valence-electron chi connectivity index (χ0n) is 24.9. The van der Waals surface area contributed by atoms with Gasteiger partial charge in [-0.2, -0.15) is 9.78 Å². The molecule has 0 aliphatic rings. The van der Waals surface area contributed by atoms with Crippen molar-refractivity contribution in [2.75, 3.05) is 19.0 Å². The van der Waals surface area contributed by atoms with E-state index < -0.39 is 11.7 Å². The van der Waals surface area contributed by atoms with E-state index in [0.717, 1.165) is 22.4 Å². The van der Waals surface area contributed by atoms with Gasteiger partial charge in [-0.1, -0.05) is 32.0 Å². The lowest BCUT2D eigenvalue weighted by atomic mass is 9.96. The molecule has 8 nitrogen and oxygen atoms in total. The highest BCUT2D eigenvalue weighted by Gasteiger charge is 2.19. The molecule has 0 aliphatic carbocycles. The lowest BCUT2D eigenvalue weighted by molar-refractivity contribution is -0.118. The molecule has 0 saturated heterocycles. The maximum Gasteiger partial charge on any atom is 0.282 e. The number of hydrogen-bond donors (Lipinski definition) is 1. The molecule has 45 heavy (non-hydrogen) atoms. The number of nitrogens with zero attached hydrogens (tertiary/aromatic N) is 3. The lowest BCUT2D eigenvalue weighted by Crippen LogP contribution is -2.21. The summed E-state index contributed by atoms with van der Waals surface area (Å²) in [5.41, 5.74) is 3.87. The van der Waals surface area contributed by atoms with Crippen LogP contribution in [-0.2, 0) is 4.79 Å². The molecule has 1 aromatic heterocycles. The van der Waals surface area contributed by atoms with Gasteiger partial charge < -0.3 is 14.8 Å². The third-order valence-electron chi connectivity index (χ3n) is 6.99. The maximum atomic E-state index is 13.8. The molecule has 0 spiro atoms. The number of ether oxygens (including phenoxy) is 2. The second kappa shape index (κ2) is 13.7. The van der Waals surface area contributed by atoms with Crippen LogP contribution in [0, 0.1) is 12.7 Å². The number of carbonyl (C=O) groups excluding carboxylic acids is 1. The van der Waals surface area contributed by atoms with E-state index in [-0.39, 0.29) is 18.1 Å². The third kappa shape index (κ3) is 7.15. The van der Waals surface area contributed by atoms with E-state index in [1.54, 1.807) is 43.7 Å². The van der Waals surface area contributed by atoms with E-state index in [2.05, 4.69) is 56.1 Å². The van der Waals surface area contributed by atoms with Crippen molar-refractivity contribution >= 4 is 60.6 Å². The predicted molar refractivity (Wildman–Crippen MR) is 182 cm³/mol. The SMILES string of the molecule is COc1cc(C)c(-c2nc3ccccc3c(=O)n2N=Cc2cc(Br)c(OCC(=O)Nc3cccc(F)c3)c(Br)c2)cc1C(C)C.